The zero-order valence-electron chi connectivity index (χ0n) is 16.8. The first kappa shape index (κ1) is 23.1. The Morgan fingerprint density at radius 1 is 1.21 bits per heavy atom. The highest BCUT2D eigenvalue weighted by Crippen LogP contribution is 2.27. The van der Waals surface area contributed by atoms with Gasteiger partial charge < -0.3 is 10.2 Å². The molecule has 2 aromatic heterocycles. The molecule has 1 aliphatic rings. The lowest BCUT2D eigenvalue weighted by atomic mass is 10.0. The van der Waals surface area contributed by atoms with Gasteiger partial charge in [0, 0.05) is 37.3 Å². The number of pyridine rings is 1. The van der Waals surface area contributed by atoms with E-state index in [1.165, 1.54) is 0 Å². The number of piperazine rings is 1. The third-order valence-electron chi connectivity index (χ3n) is 5.12. The quantitative estimate of drug-likeness (QED) is 0.675. The Hall–Kier alpha value is -2.15. The van der Waals surface area contributed by atoms with E-state index in [0.29, 0.717) is 12.1 Å². The fourth-order valence-corrected chi connectivity index (χ4v) is 3.63. The topological polar surface area (TPSA) is 63.1 Å². The second kappa shape index (κ2) is 9.57. The molecule has 156 valence electrons. The van der Waals surface area contributed by atoms with E-state index in [-0.39, 0.29) is 42.8 Å². The van der Waals surface area contributed by atoms with E-state index >= 15 is 0 Å². The standard InChI is InChI=1S/C21H25N5O.2ClH/c1-14(2)26-20-18(13-23-26)17(21(27)25-10-9-22-12-15(25)3)11-19(24-20)16-7-5-4-6-8-16;;/h4-8,11,13-15,22H,9-10,12H2,1-3H3;2*1H/t15-;;/m1../s1. The van der Waals surface area contributed by atoms with Crippen LogP contribution in [0.15, 0.2) is 42.6 Å². The maximum atomic E-state index is 13.4. The Bertz CT molecular complexity index is 974. The Labute approximate surface area is 183 Å². The first-order valence-corrected chi connectivity index (χ1v) is 9.51. The van der Waals surface area contributed by atoms with Crippen LogP contribution < -0.4 is 5.32 Å². The molecule has 0 spiro atoms. The summed E-state index contributed by atoms with van der Waals surface area (Å²) in [6.45, 7) is 8.57. The lowest BCUT2D eigenvalue weighted by Gasteiger charge is -2.34. The fourth-order valence-electron chi connectivity index (χ4n) is 3.63. The fraction of sp³-hybridized carbons (Fsp3) is 0.381. The van der Waals surface area contributed by atoms with Crippen molar-refractivity contribution >= 4 is 41.8 Å². The summed E-state index contributed by atoms with van der Waals surface area (Å²) in [5, 5.41) is 8.67. The zero-order valence-corrected chi connectivity index (χ0v) is 18.5. The van der Waals surface area contributed by atoms with Gasteiger partial charge in [0.1, 0.15) is 0 Å². The molecule has 1 atom stereocenters. The van der Waals surface area contributed by atoms with Crippen LogP contribution in [0.2, 0.25) is 0 Å². The molecule has 0 radical (unpaired) electrons. The number of amides is 1. The van der Waals surface area contributed by atoms with Gasteiger partial charge in [-0.2, -0.15) is 5.10 Å². The summed E-state index contributed by atoms with van der Waals surface area (Å²) in [5.74, 6) is 0.0527. The second-order valence-electron chi connectivity index (χ2n) is 7.39. The number of carbonyl (C=O) groups is 1. The molecule has 0 bridgehead atoms. The van der Waals surface area contributed by atoms with Crippen LogP contribution in [0.3, 0.4) is 0 Å². The Balaban J connectivity index is 0.00000150. The molecule has 29 heavy (non-hydrogen) atoms. The van der Waals surface area contributed by atoms with Gasteiger partial charge >= 0.3 is 0 Å². The van der Waals surface area contributed by atoms with Crippen molar-refractivity contribution in [3.05, 3.63) is 48.2 Å². The molecule has 1 aliphatic heterocycles. The summed E-state index contributed by atoms with van der Waals surface area (Å²) in [5.41, 5.74) is 3.24. The number of nitrogens with zero attached hydrogens (tertiary/aromatic N) is 4. The minimum absolute atomic E-state index is 0. The van der Waals surface area contributed by atoms with E-state index in [9.17, 15) is 4.79 Å². The van der Waals surface area contributed by atoms with Crippen LogP contribution in [-0.4, -0.2) is 51.2 Å². The number of benzene rings is 1. The number of carbonyl (C=O) groups excluding carboxylic acids is 1. The van der Waals surface area contributed by atoms with Gasteiger partial charge in [0.25, 0.3) is 5.91 Å². The lowest BCUT2D eigenvalue weighted by Crippen LogP contribution is -2.52. The number of hydrogen-bond acceptors (Lipinski definition) is 4. The molecular weight excluding hydrogens is 409 g/mol. The van der Waals surface area contributed by atoms with E-state index in [2.05, 4.69) is 31.2 Å². The summed E-state index contributed by atoms with van der Waals surface area (Å²) in [4.78, 5) is 20.2. The molecule has 8 heteroatoms. The van der Waals surface area contributed by atoms with Crippen molar-refractivity contribution in [3.8, 4) is 11.3 Å². The predicted octanol–water partition coefficient (Wildman–Crippen LogP) is 3.96. The van der Waals surface area contributed by atoms with Crippen LogP contribution in [0.5, 0.6) is 0 Å². The van der Waals surface area contributed by atoms with Gasteiger partial charge in [-0.3, -0.25) is 4.79 Å². The van der Waals surface area contributed by atoms with Gasteiger partial charge in [0.05, 0.1) is 22.8 Å². The third kappa shape index (κ3) is 4.39. The minimum Gasteiger partial charge on any atom is -0.333 e. The molecule has 1 aromatic carbocycles. The first-order valence-electron chi connectivity index (χ1n) is 9.51. The van der Waals surface area contributed by atoms with Crippen molar-refractivity contribution in [1.82, 2.24) is 25.0 Å². The summed E-state index contributed by atoms with van der Waals surface area (Å²) in [7, 11) is 0. The zero-order chi connectivity index (χ0) is 19.0. The van der Waals surface area contributed by atoms with Gasteiger partial charge in [-0.1, -0.05) is 30.3 Å². The van der Waals surface area contributed by atoms with Crippen molar-refractivity contribution in [1.29, 1.82) is 0 Å². The number of rotatable bonds is 3. The normalized spacial score (nSPS) is 16.4. The summed E-state index contributed by atoms with van der Waals surface area (Å²) in [6, 6.07) is 12.2. The van der Waals surface area contributed by atoms with Crippen LogP contribution in [0, 0.1) is 0 Å². The maximum Gasteiger partial charge on any atom is 0.255 e. The average molecular weight is 436 g/mol. The van der Waals surface area contributed by atoms with Gasteiger partial charge in [-0.25, -0.2) is 9.67 Å². The molecular formula is C21H27Cl2N5O. The van der Waals surface area contributed by atoms with Crippen LogP contribution in [0.25, 0.3) is 22.3 Å². The highest BCUT2D eigenvalue weighted by atomic mass is 35.5. The van der Waals surface area contributed by atoms with E-state index in [1.54, 1.807) is 6.20 Å². The van der Waals surface area contributed by atoms with Crippen molar-refractivity contribution in [2.24, 2.45) is 0 Å². The first-order chi connectivity index (χ1) is 13.1. The Morgan fingerprint density at radius 3 is 2.59 bits per heavy atom. The molecule has 1 amide bonds. The van der Waals surface area contributed by atoms with Crippen molar-refractivity contribution in [3.63, 3.8) is 0 Å². The van der Waals surface area contributed by atoms with Crippen LogP contribution in [0.4, 0.5) is 0 Å². The number of halogens is 2. The number of fused-ring (bicyclic) bond motifs is 1. The molecule has 3 aromatic rings. The summed E-state index contributed by atoms with van der Waals surface area (Å²) in [6.07, 6.45) is 1.78. The molecule has 6 nitrogen and oxygen atoms in total. The second-order valence-corrected chi connectivity index (χ2v) is 7.39. The van der Waals surface area contributed by atoms with Crippen molar-refractivity contribution in [2.45, 2.75) is 32.9 Å². The minimum atomic E-state index is 0. The van der Waals surface area contributed by atoms with E-state index in [4.69, 9.17) is 4.98 Å². The summed E-state index contributed by atoms with van der Waals surface area (Å²) >= 11 is 0. The van der Waals surface area contributed by atoms with Gasteiger partial charge in [0.15, 0.2) is 5.65 Å². The monoisotopic (exact) mass is 435 g/mol. The van der Waals surface area contributed by atoms with Crippen LogP contribution in [0.1, 0.15) is 37.2 Å². The van der Waals surface area contributed by atoms with Gasteiger partial charge in [-0.15, -0.1) is 24.8 Å². The lowest BCUT2D eigenvalue weighted by molar-refractivity contribution is 0.0658. The largest absolute Gasteiger partial charge is 0.333 e. The molecule has 0 unspecified atom stereocenters. The van der Waals surface area contributed by atoms with Crippen LogP contribution >= 0.6 is 24.8 Å². The van der Waals surface area contributed by atoms with Crippen molar-refractivity contribution < 1.29 is 4.79 Å². The Kier molecular flexibility index (Phi) is 7.63. The molecule has 4 rings (SSSR count). The average Bonchev–Trinajstić information content (AvgIpc) is 3.12. The predicted molar refractivity (Wildman–Crippen MR) is 121 cm³/mol. The van der Waals surface area contributed by atoms with Gasteiger partial charge in [-0.05, 0) is 26.8 Å². The van der Waals surface area contributed by atoms with E-state index in [0.717, 1.165) is 35.4 Å². The van der Waals surface area contributed by atoms with E-state index in [1.807, 2.05) is 46.0 Å². The smallest absolute Gasteiger partial charge is 0.255 e. The number of aromatic nitrogens is 3. The third-order valence-corrected chi connectivity index (χ3v) is 5.12. The highest BCUT2D eigenvalue weighted by Gasteiger charge is 2.27. The summed E-state index contributed by atoms with van der Waals surface area (Å²) < 4.78 is 1.89. The molecule has 1 fully saturated rings. The SMILES string of the molecule is CC(C)n1ncc2c(C(=O)N3CCNC[C@H]3C)cc(-c3ccccc3)nc21.Cl.Cl. The Morgan fingerprint density at radius 2 is 1.93 bits per heavy atom. The van der Waals surface area contributed by atoms with Gasteiger partial charge in [0.2, 0.25) is 0 Å². The maximum absolute atomic E-state index is 13.4. The highest BCUT2D eigenvalue weighted by molar-refractivity contribution is 6.06. The number of nitrogens with one attached hydrogen (secondary N) is 1. The van der Waals surface area contributed by atoms with E-state index < -0.39 is 0 Å². The van der Waals surface area contributed by atoms with Crippen molar-refractivity contribution in [2.75, 3.05) is 19.6 Å². The molecule has 0 saturated carbocycles. The molecule has 0 aliphatic carbocycles. The van der Waals surface area contributed by atoms with Crippen LogP contribution in [-0.2, 0) is 0 Å². The molecule has 1 N–H and O–H groups in total. The number of hydrogen-bond donors (Lipinski definition) is 1. The molecule has 1 saturated heterocycles. The molecule has 3 heterocycles.